The molecular weight excluding hydrogens is 100 g/mol. The molecule has 2 nitrogen and oxygen atoms in total. The van der Waals surface area contributed by atoms with Crippen LogP contribution in [0.15, 0.2) is 12.2 Å². The van der Waals surface area contributed by atoms with Gasteiger partial charge in [-0.3, -0.25) is 4.90 Å². The zero-order valence-electron chi connectivity index (χ0n) is 5.22. The summed E-state index contributed by atoms with van der Waals surface area (Å²) in [6, 6.07) is 0. The Morgan fingerprint density at radius 2 is 2.12 bits per heavy atom. The van der Waals surface area contributed by atoms with Crippen LogP contribution in [0.3, 0.4) is 0 Å². The Morgan fingerprint density at radius 1 is 1.50 bits per heavy atom. The Bertz CT molecular complexity index is 80.5. The number of nitrogens with zero attached hydrogens (tertiary/aromatic N) is 1. The summed E-state index contributed by atoms with van der Waals surface area (Å²) in [4.78, 5) is 2.32. The van der Waals surface area contributed by atoms with E-state index in [0.29, 0.717) is 0 Å². The molecule has 1 heterocycles. The Balaban J connectivity index is 2.10. The molecule has 0 fully saturated rings. The second kappa shape index (κ2) is 2.84. The van der Waals surface area contributed by atoms with E-state index in [2.05, 4.69) is 22.4 Å². The highest BCUT2D eigenvalue weighted by atomic mass is 15.2. The second-order valence-electron chi connectivity index (χ2n) is 2.02. The summed E-state index contributed by atoms with van der Waals surface area (Å²) in [5.74, 6) is 0. The monoisotopic (exact) mass is 112 g/mol. The molecule has 1 aliphatic heterocycles. The van der Waals surface area contributed by atoms with Crippen molar-refractivity contribution in [3.05, 3.63) is 12.2 Å². The van der Waals surface area contributed by atoms with Crippen molar-refractivity contribution in [1.82, 2.24) is 10.2 Å². The molecule has 1 rings (SSSR count). The fraction of sp³-hybridized carbons (Fsp3) is 0.667. The highest BCUT2D eigenvalue weighted by Gasteiger charge is 2.01. The Morgan fingerprint density at radius 3 is 2.62 bits per heavy atom. The molecule has 0 saturated carbocycles. The van der Waals surface area contributed by atoms with Gasteiger partial charge in [-0.2, -0.15) is 0 Å². The molecule has 0 amide bonds. The summed E-state index contributed by atoms with van der Waals surface area (Å²) in [5.41, 5.74) is 0. The summed E-state index contributed by atoms with van der Waals surface area (Å²) in [7, 11) is 1.97. The summed E-state index contributed by atoms with van der Waals surface area (Å²) < 4.78 is 0. The van der Waals surface area contributed by atoms with E-state index in [-0.39, 0.29) is 0 Å². The fourth-order valence-corrected chi connectivity index (χ4v) is 0.874. The number of hydrogen-bond donors (Lipinski definition) is 1. The van der Waals surface area contributed by atoms with E-state index in [1.807, 2.05) is 7.05 Å². The van der Waals surface area contributed by atoms with Gasteiger partial charge in [0.1, 0.15) is 0 Å². The highest BCUT2D eigenvalue weighted by Crippen LogP contribution is 1.94. The van der Waals surface area contributed by atoms with Gasteiger partial charge in [0.05, 0.1) is 0 Å². The van der Waals surface area contributed by atoms with Gasteiger partial charge in [0.2, 0.25) is 0 Å². The van der Waals surface area contributed by atoms with E-state index < -0.39 is 0 Å². The third-order valence-corrected chi connectivity index (χ3v) is 1.28. The van der Waals surface area contributed by atoms with Gasteiger partial charge < -0.3 is 5.32 Å². The van der Waals surface area contributed by atoms with E-state index in [1.165, 1.54) is 0 Å². The second-order valence-corrected chi connectivity index (χ2v) is 2.02. The molecule has 2 heteroatoms. The van der Waals surface area contributed by atoms with Gasteiger partial charge in [-0.15, -0.1) is 0 Å². The van der Waals surface area contributed by atoms with Crippen LogP contribution in [-0.4, -0.2) is 31.7 Å². The van der Waals surface area contributed by atoms with Gasteiger partial charge in [-0.1, -0.05) is 12.2 Å². The maximum Gasteiger partial charge on any atom is 0.0484 e. The van der Waals surface area contributed by atoms with Crippen LogP contribution in [0, 0.1) is 0 Å². The molecule has 1 N–H and O–H groups in total. The third kappa shape index (κ3) is 1.32. The minimum absolute atomic E-state index is 1.01. The van der Waals surface area contributed by atoms with Crippen molar-refractivity contribution in [3.63, 3.8) is 0 Å². The highest BCUT2D eigenvalue weighted by molar-refractivity contribution is 4.94. The van der Waals surface area contributed by atoms with Crippen LogP contribution < -0.4 is 5.32 Å². The van der Waals surface area contributed by atoms with Crippen molar-refractivity contribution in [2.45, 2.75) is 0 Å². The predicted molar refractivity (Wildman–Crippen MR) is 34.6 cm³/mol. The molecule has 1 aliphatic rings. The lowest BCUT2D eigenvalue weighted by atomic mass is 10.6. The molecule has 0 aromatic carbocycles. The van der Waals surface area contributed by atoms with Crippen molar-refractivity contribution >= 4 is 0 Å². The Labute approximate surface area is 50.2 Å². The standard InChI is InChI=1S/C6H12N2/c1-7-6-8-4-2-3-5-8/h2-3,7H,4-6H2,1H3. The minimum atomic E-state index is 1.01. The van der Waals surface area contributed by atoms with Crippen LogP contribution in [0.5, 0.6) is 0 Å². The van der Waals surface area contributed by atoms with Crippen molar-refractivity contribution in [2.75, 3.05) is 26.8 Å². The maximum absolute atomic E-state index is 3.10. The first-order valence-electron chi connectivity index (χ1n) is 2.95. The molecule has 0 aliphatic carbocycles. The summed E-state index contributed by atoms with van der Waals surface area (Å²) in [6.45, 7) is 3.23. The SMILES string of the molecule is CNCN1CC=CC1. The van der Waals surface area contributed by atoms with Crippen molar-refractivity contribution in [3.8, 4) is 0 Å². The molecule has 0 radical (unpaired) electrons. The zero-order valence-corrected chi connectivity index (χ0v) is 5.22. The fourth-order valence-electron chi connectivity index (χ4n) is 0.874. The van der Waals surface area contributed by atoms with Crippen LogP contribution in [0.25, 0.3) is 0 Å². The lowest BCUT2D eigenvalue weighted by molar-refractivity contribution is 0.334. The van der Waals surface area contributed by atoms with Crippen LogP contribution >= 0.6 is 0 Å². The largest absolute Gasteiger partial charge is 0.307 e. The van der Waals surface area contributed by atoms with Crippen molar-refractivity contribution < 1.29 is 0 Å². The van der Waals surface area contributed by atoms with E-state index in [1.54, 1.807) is 0 Å². The summed E-state index contributed by atoms with van der Waals surface area (Å²) in [5, 5.41) is 3.10. The Hall–Kier alpha value is -0.340. The van der Waals surface area contributed by atoms with Gasteiger partial charge in [-0.05, 0) is 7.05 Å². The molecular formula is C6H12N2. The van der Waals surface area contributed by atoms with Gasteiger partial charge >= 0.3 is 0 Å². The average Bonchev–Trinajstić information content (AvgIpc) is 2.19. The van der Waals surface area contributed by atoms with Crippen LogP contribution in [0.2, 0.25) is 0 Å². The molecule has 8 heavy (non-hydrogen) atoms. The zero-order chi connectivity index (χ0) is 5.82. The smallest absolute Gasteiger partial charge is 0.0484 e. The lowest BCUT2D eigenvalue weighted by Gasteiger charge is -2.12. The molecule has 0 bridgehead atoms. The molecule has 0 saturated heterocycles. The molecule has 0 atom stereocenters. The first-order valence-corrected chi connectivity index (χ1v) is 2.95. The van der Waals surface area contributed by atoms with E-state index in [0.717, 1.165) is 19.8 Å². The van der Waals surface area contributed by atoms with Crippen LogP contribution in [0.4, 0.5) is 0 Å². The Kier molecular flexibility index (Phi) is 2.06. The van der Waals surface area contributed by atoms with Gasteiger partial charge in [0.15, 0.2) is 0 Å². The average molecular weight is 112 g/mol. The van der Waals surface area contributed by atoms with Gasteiger partial charge in [-0.25, -0.2) is 0 Å². The summed E-state index contributed by atoms with van der Waals surface area (Å²) in [6.07, 6.45) is 4.38. The molecule has 46 valence electrons. The van der Waals surface area contributed by atoms with Crippen LogP contribution in [-0.2, 0) is 0 Å². The summed E-state index contributed by atoms with van der Waals surface area (Å²) >= 11 is 0. The van der Waals surface area contributed by atoms with Crippen molar-refractivity contribution in [2.24, 2.45) is 0 Å². The van der Waals surface area contributed by atoms with Crippen molar-refractivity contribution in [1.29, 1.82) is 0 Å². The first kappa shape index (κ1) is 5.79. The maximum atomic E-state index is 3.10. The van der Waals surface area contributed by atoms with Gasteiger partial charge in [0.25, 0.3) is 0 Å². The van der Waals surface area contributed by atoms with Gasteiger partial charge in [0, 0.05) is 19.8 Å². The molecule has 0 aromatic rings. The van der Waals surface area contributed by atoms with E-state index >= 15 is 0 Å². The molecule has 0 aromatic heterocycles. The first-order chi connectivity index (χ1) is 3.93. The predicted octanol–water partition coefficient (Wildman–Crippen LogP) is 0.0351. The van der Waals surface area contributed by atoms with Crippen LogP contribution in [0.1, 0.15) is 0 Å². The molecule has 0 spiro atoms. The van der Waals surface area contributed by atoms with E-state index in [9.17, 15) is 0 Å². The number of rotatable bonds is 2. The minimum Gasteiger partial charge on any atom is -0.307 e. The topological polar surface area (TPSA) is 15.3 Å². The number of hydrogen-bond acceptors (Lipinski definition) is 2. The molecule has 0 unspecified atom stereocenters. The third-order valence-electron chi connectivity index (χ3n) is 1.28. The number of nitrogens with one attached hydrogen (secondary N) is 1. The normalized spacial score (nSPS) is 20.1. The van der Waals surface area contributed by atoms with E-state index in [4.69, 9.17) is 0 Å². The lowest BCUT2D eigenvalue weighted by Crippen LogP contribution is -2.29. The quantitative estimate of drug-likeness (QED) is 0.507.